The first-order chi connectivity index (χ1) is 8.29. The van der Waals surface area contributed by atoms with Crippen LogP contribution in [0.15, 0.2) is 23.1 Å². The van der Waals surface area contributed by atoms with Gasteiger partial charge in [0, 0.05) is 34.9 Å². The second kappa shape index (κ2) is 6.64. The van der Waals surface area contributed by atoms with Gasteiger partial charge in [-0.15, -0.1) is 11.8 Å². The normalized spacial score (nSPS) is 17.3. The molecule has 1 N–H and O–H groups in total. The van der Waals surface area contributed by atoms with Crippen molar-refractivity contribution in [3.8, 4) is 0 Å². The summed E-state index contributed by atoms with van der Waals surface area (Å²) in [5.74, 6) is 0. The molecular formula is C13H18ClNOS. The van der Waals surface area contributed by atoms with Crippen LogP contribution in [-0.2, 0) is 11.3 Å². The van der Waals surface area contributed by atoms with Gasteiger partial charge in [-0.3, -0.25) is 0 Å². The van der Waals surface area contributed by atoms with E-state index in [1.807, 2.05) is 18.8 Å². The third-order valence-corrected chi connectivity index (χ3v) is 4.55. The van der Waals surface area contributed by atoms with Gasteiger partial charge in [0.05, 0.1) is 0 Å². The fourth-order valence-corrected chi connectivity index (χ4v) is 3.38. The molecule has 1 saturated heterocycles. The summed E-state index contributed by atoms with van der Waals surface area (Å²) in [6.45, 7) is 2.60. The summed E-state index contributed by atoms with van der Waals surface area (Å²) in [5, 5.41) is 4.65. The van der Waals surface area contributed by atoms with E-state index >= 15 is 0 Å². The van der Waals surface area contributed by atoms with Gasteiger partial charge in [-0.2, -0.15) is 0 Å². The predicted octanol–water partition coefficient (Wildman–Crippen LogP) is 3.33. The Balaban J connectivity index is 1.98. The second-order valence-electron chi connectivity index (χ2n) is 4.21. The summed E-state index contributed by atoms with van der Waals surface area (Å²) in [6, 6.07) is 6.35. The first-order valence-electron chi connectivity index (χ1n) is 5.97. The summed E-state index contributed by atoms with van der Waals surface area (Å²) >= 11 is 8.17. The zero-order chi connectivity index (χ0) is 12.1. The Bertz CT molecular complexity index is 366. The van der Waals surface area contributed by atoms with Gasteiger partial charge in [0.1, 0.15) is 0 Å². The third-order valence-electron chi connectivity index (χ3n) is 2.86. The van der Waals surface area contributed by atoms with Crippen molar-refractivity contribution in [2.24, 2.45) is 0 Å². The molecule has 94 valence electrons. The maximum Gasteiger partial charge on any atom is 0.0476 e. The number of ether oxygens (including phenoxy) is 1. The second-order valence-corrected chi connectivity index (χ2v) is 5.99. The van der Waals surface area contributed by atoms with Crippen LogP contribution in [0.3, 0.4) is 0 Å². The molecule has 1 aliphatic rings. The standard InChI is InChI=1S/C13H18ClNOS/c1-15-9-10-2-3-12(8-13(10)14)17-11-4-6-16-7-5-11/h2-3,8,11,15H,4-7,9H2,1H3. The van der Waals surface area contributed by atoms with Gasteiger partial charge in [0.25, 0.3) is 0 Å². The molecule has 1 heterocycles. The van der Waals surface area contributed by atoms with Crippen LogP contribution in [0.2, 0.25) is 5.02 Å². The van der Waals surface area contributed by atoms with Gasteiger partial charge in [-0.25, -0.2) is 0 Å². The smallest absolute Gasteiger partial charge is 0.0476 e. The van der Waals surface area contributed by atoms with E-state index in [1.54, 1.807) is 0 Å². The first kappa shape index (κ1) is 13.2. The Hall–Kier alpha value is -0.220. The monoisotopic (exact) mass is 271 g/mol. The Morgan fingerprint density at radius 3 is 2.82 bits per heavy atom. The molecule has 0 bridgehead atoms. The molecular weight excluding hydrogens is 254 g/mol. The highest BCUT2D eigenvalue weighted by Crippen LogP contribution is 2.32. The third kappa shape index (κ3) is 3.88. The molecule has 0 radical (unpaired) electrons. The number of rotatable bonds is 4. The van der Waals surface area contributed by atoms with E-state index in [0.29, 0.717) is 5.25 Å². The van der Waals surface area contributed by atoms with Crippen molar-refractivity contribution in [2.45, 2.75) is 29.5 Å². The summed E-state index contributed by atoms with van der Waals surface area (Å²) in [7, 11) is 1.93. The van der Waals surface area contributed by atoms with Crippen LogP contribution in [0, 0.1) is 0 Å². The maximum atomic E-state index is 6.25. The summed E-state index contributed by atoms with van der Waals surface area (Å²) in [5.41, 5.74) is 1.16. The fourth-order valence-electron chi connectivity index (χ4n) is 1.92. The van der Waals surface area contributed by atoms with Crippen molar-refractivity contribution in [3.05, 3.63) is 28.8 Å². The molecule has 17 heavy (non-hydrogen) atoms. The molecule has 1 fully saturated rings. The highest BCUT2D eigenvalue weighted by molar-refractivity contribution is 8.00. The molecule has 0 atom stereocenters. The average Bonchev–Trinajstić information content (AvgIpc) is 2.34. The largest absolute Gasteiger partial charge is 0.381 e. The number of hydrogen-bond acceptors (Lipinski definition) is 3. The highest BCUT2D eigenvalue weighted by Gasteiger charge is 2.15. The SMILES string of the molecule is CNCc1ccc(SC2CCOCC2)cc1Cl. The van der Waals surface area contributed by atoms with Gasteiger partial charge in [0.2, 0.25) is 0 Å². The van der Waals surface area contributed by atoms with Gasteiger partial charge < -0.3 is 10.1 Å². The fraction of sp³-hybridized carbons (Fsp3) is 0.538. The zero-order valence-electron chi connectivity index (χ0n) is 10.0. The molecule has 2 rings (SSSR count). The van der Waals surface area contributed by atoms with Crippen LogP contribution < -0.4 is 5.32 Å². The van der Waals surface area contributed by atoms with Crippen LogP contribution in [0.25, 0.3) is 0 Å². The first-order valence-corrected chi connectivity index (χ1v) is 7.23. The highest BCUT2D eigenvalue weighted by atomic mass is 35.5. The molecule has 2 nitrogen and oxygen atoms in total. The molecule has 0 amide bonds. The van der Waals surface area contributed by atoms with E-state index < -0.39 is 0 Å². The lowest BCUT2D eigenvalue weighted by Crippen LogP contribution is -2.17. The van der Waals surface area contributed by atoms with Crippen molar-refractivity contribution < 1.29 is 4.74 Å². The van der Waals surface area contributed by atoms with E-state index in [1.165, 1.54) is 4.90 Å². The Morgan fingerprint density at radius 1 is 1.41 bits per heavy atom. The summed E-state index contributed by atoms with van der Waals surface area (Å²) in [4.78, 5) is 1.27. The van der Waals surface area contributed by atoms with Crippen molar-refractivity contribution in [2.75, 3.05) is 20.3 Å². The number of hydrogen-bond donors (Lipinski definition) is 1. The molecule has 1 aromatic rings. The van der Waals surface area contributed by atoms with Crippen molar-refractivity contribution in [1.82, 2.24) is 5.32 Å². The summed E-state index contributed by atoms with van der Waals surface area (Å²) < 4.78 is 5.36. The van der Waals surface area contributed by atoms with Crippen LogP contribution in [0.4, 0.5) is 0 Å². The van der Waals surface area contributed by atoms with Crippen LogP contribution in [0.1, 0.15) is 18.4 Å². The minimum Gasteiger partial charge on any atom is -0.381 e. The topological polar surface area (TPSA) is 21.3 Å². The van der Waals surface area contributed by atoms with Gasteiger partial charge in [-0.05, 0) is 37.6 Å². The van der Waals surface area contributed by atoms with Crippen LogP contribution >= 0.6 is 23.4 Å². The summed E-state index contributed by atoms with van der Waals surface area (Å²) in [6.07, 6.45) is 2.28. The van der Waals surface area contributed by atoms with Gasteiger partial charge in [0.15, 0.2) is 0 Å². The van der Waals surface area contributed by atoms with Crippen LogP contribution in [-0.4, -0.2) is 25.5 Å². The Labute approximate surface area is 112 Å². The average molecular weight is 272 g/mol. The van der Waals surface area contributed by atoms with E-state index in [-0.39, 0.29) is 0 Å². The van der Waals surface area contributed by atoms with Gasteiger partial charge >= 0.3 is 0 Å². The Kier molecular flexibility index (Phi) is 5.16. The molecule has 0 unspecified atom stereocenters. The number of halogens is 1. The minimum atomic E-state index is 0.676. The lowest BCUT2D eigenvalue weighted by molar-refractivity contribution is 0.100. The zero-order valence-corrected chi connectivity index (χ0v) is 11.6. The molecule has 0 spiro atoms. The van der Waals surface area contributed by atoms with Crippen molar-refractivity contribution in [1.29, 1.82) is 0 Å². The number of thioether (sulfide) groups is 1. The predicted molar refractivity (Wildman–Crippen MR) is 73.9 cm³/mol. The van der Waals surface area contributed by atoms with E-state index in [9.17, 15) is 0 Å². The van der Waals surface area contributed by atoms with Crippen molar-refractivity contribution >= 4 is 23.4 Å². The quantitative estimate of drug-likeness (QED) is 0.908. The van der Waals surface area contributed by atoms with E-state index in [2.05, 4.69) is 23.5 Å². The maximum absolute atomic E-state index is 6.25. The molecule has 0 aliphatic carbocycles. The molecule has 0 aromatic heterocycles. The molecule has 1 aromatic carbocycles. The molecule has 0 saturated carbocycles. The number of nitrogens with one attached hydrogen (secondary N) is 1. The number of benzene rings is 1. The lowest BCUT2D eigenvalue weighted by Gasteiger charge is -2.21. The van der Waals surface area contributed by atoms with Crippen molar-refractivity contribution in [3.63, 3.8) is 0 Å². The van der Waals surface area contributed by atoms with E-state index in [4.69, 9.17) is 16.3 Å². The molecule has 4 heteroatoms. The van der Waals surface area contributed by atoms with Crippen LogP contribution in [0.5, 0.6) is 0 Å². The van der Waals surface area contributed by atoms with Gasteiger partial charge in [-0.1, -0.05) is 17.7 Å². The minimum absolute atomic E-state index is 0.676. The Morgan fingerprint density at radius 2 is 2.18 bits per heavy atom. The molecule has 1 aliphatic heterocycles. The van der Waals surface area contributed by atoms with E-state index in [0.717, 1.165) is 43.2 Å². The lowest BCUT2D eigenvalue weighted by atomic mass is 10.2.